The Balaban J connectivity index is 2.13. The summed E-state index contributed by atoms with van der Waals surface area (Å²) in [6, 6.07) is 9.07. The van der Waals surface area contributed by atoms with Crippen LogP contribution in [0.15, 0.2) is 48.5 Å². The molecule has 0 fully saturated rings. The Morgan fingerprint density at radius 1 is 1.00 bits per heavy atom. The Morgan fingerprint density at radius 3 is 2.24 bits per heavy atom. The van der Waals surface area contributed by atoms with Gasteiger partial charge in [-0.1, -0.05) is 36.4 Å². The summed E-state index contributed by atoms with van der Waals surface area (Å²) < 4.78 is 25.8. The highest BCUT2D eigenvalue weighted by Crippen LogP contribution is 2.11. The third kappa shape index (κ3) is 3.84. The molecule has 0 saturated carbocycles. The highest BCUT2D eigenvalue weighted by atomic mass is 19.2. The van der Waals surface area contributed by atoms with E-state index in [1.165, 1.54) is 42.5 Å². The third-order valence-electron chi connectivity index (χ3n) is 2.86. The van der Waals surface area contributed by atoms with Gasteiger partial charge in [-0.05, 0) is 29.2 Å². The second-order valence-electron chi connectivity index (χ2n) is 4.37. The zero-order chi connectivity index (χ0) is 15.4. The summed E-state index contributed by atoms with van der Waals surface area (Å²) in [6.45, 7) is 0. The first-order valence-electron chi connectivity index (χ1n) is 6.11. The molecule has 0 aromatic heterocycles. The molecule has 2 N–H and O–H groups in total. The van der Waals surface area contributed by atoms with E-state index < -0.39 is 18.8 Å². The summed E-state index contributed by atoms with van der Waals surface area (Å²) in [5, 5.41) is 17.9. The van der Waals surface area contributed by atoms with Crippen molar-refractivity contribution in [1.29, 1.82) is 0 Å². The average Bonchev–Trinajstić information content (AvgIpc) is 2.48. The summed E-state index contributed by atoms with van der Waals surface area (Å²) in [6.07, 6.45) is 2.61. The standard InChI is InChI=1S/C15H11BF2O3/c17-13-7-1-10(9-14(13)18)2-8-15(19)11-3-5-12(6-4-11)16(20)21/h1-9,20-21H/b8-2+. The highest BCUT2D eigenvalue weighted by Gasteiger charge is 2.11. The van der Waals surface area contributed by atoms with Gasteiger partial charge in [-0.2, -0.15) is 0 Å². The van der Waals surface area contributed by atoms with Gasteiger partial charge < -0.3 is 10.0 Å². The summed E-state index contributed by atoms with van der Waals surface area (Å²) in [4.78, 5) is 11.9. The van der Waals surface area contributed by atoms with Crippen LogP contribution >= 0.6 is 0 Å². The van der Waals surface area contributed by atoms with Gasteiger partial charge in [0.15, 0.2) is 17.4 Å². The first-order valence-corrected chi connectivity index (χ1v) is 6.11. The van der Waals surface area contributed by atoms with E-state index in [1.807, 2.05) is 0 Å². The van der Waals surface area contributed by atoms with Gasteiger partial charge in [-0.15, -0.1) is 0 Å². The maximum absolute atomic E-state index is 13.0. The van der Waals surface area contributed by atoms with Gasteiger partial charge in [-0.25, -0.2) is 8.78 Å². The molecule has 2 rings (SSSR count). The molecule has 0 spiro atoms. The summed E-state index contributed by atoms with van der Waals surface area (Å²) in [5.74, 6) is -2.26. The fraction of sp³-hybridized carbons (Fsp3) is 0. The predicted molar refractivity (Wildman–Crippen MR) is 76.0 cm³/mol. The smallest absolute Gasteiger partial charge is 0.423 e. The van der Waals surface area contributed by atoms with Crippen molar-refractivity contribution in [3.8, 4) is 0 Å². The Hall–Kier alpha value is -2.31. The van der Waals surface area contributed by atoms with Crippen molar-refractivity contribution in [3.05, 3.63) is 71.3 Å². The van der Waals surface area contributed by atoms with Gasteiger partial charge in [0.05, 0.1) is 0 Å². The highest BCUT2D eigenvalue weighted by molar-refractivity contribution is 6.58. The van der Waals surface area contributed by atoms with Gasteiger partial charge in [0.25, 0.3) is 0 Å². The van der Waals surface area contributed by atoms with Crippen LogP contribution in [0.5, 0.6) is 0 Å². The summed E-state index contributed by atoms with van der Waals surface area (Å²) in [5.41, 5.74) is 0.985. The molecule has 0 amide bonds. The van der Waals surface area contributed by atoms with Crippen LogP contribution in [0, 0.1) is 11.6 Å². The summed E-state index contributed by atoms with van der Waals surface area (Å²) >= 11 is 0. The fourth-order valence-corrected chi connectivity index (χ4v) is 1.70. The van der Waals surface area contributed by atoms with E-state index in [4.69, 9.17) is 10.0 Å². The van der Waals surface area contributed by atoms with Gasteiger partial charge >= 0.3 is 7.12 Å². The minimum atomic E-state index is -1.59. The zero-order valence-corrected chi connectivity index (χ0v) is 10.8. The van der Waals surface area contributed by atoms with Gasteiger partial charge in [-0.3, -0.25) is 4.79 Å². The monoisotopic (exact) mass is 288 g/mol. The van der Waals surface area contributed by atoms with Crippen molar-refractivity contribution in [2.75, 3.05) is 0 Å². The maximum Gasteiger partial charge on any atom is 0.488 e. The van der Waals surface area contributed by atoms with Crippen molar-refractivity contribution >= 4 is 24.4 Å². The van der Waals surface area contributed by atoms with Crippen LogP contribution < -0.4 is 5.46 Å². The lowest BCUT2D eigenvalue weighted by molar-refractivity contribution is 0.104. The molecule has 106 valence electrons. The molecule has 0 aliphatic carbocycles. The Kier molecular flexibility index (Phi) is 4.62. The van der Waals surface area contributed by atoms with Crippen LogP contribution in [0.25, 0.3) is 6.08 Å². The van der Waals surface area contributed by atoms with Crippen LogP contribution in [0.4, 0.5) is 8.78 Å². The number of hydrogen-bond acceptors (Lipinski definition) is 3. The second kappa shape index (κ2) is 6.43. The molecule has 0 atom stereocenters. The third-order valence-corrected chi connectivity index (χ3v) is 2.86. The van der Waals surface area contributed by atoms with Crippen LogP contribution in [0.1, 0.15) is 15.9 Å². The molecule has 2 aromatic carbocycles. The molecule has 0 aliphatic heterocycles. The van der Waals surface area contributed by atoms with Crippen molar-refractivity contribution in [2.24, 2.45) is 0 Å². The maximum atomic E-state index is 13.0. The number of ketones is 1. The molecular weight excluding hydrogens is 277 g/mol. The van der Waals surface area contributed by atoms with Crippen molar-refractivity contribution in [3.63, 3.8) is 0 Å². The number of carbonyl (C=O) groups is 1. The van der Waals surface area contributed by atoms with E-state index in [0.29, 0.717) is 11.1 Å². The first kappa shape index (κ1) is 15.1. The fourth-order valence-electron chi connectivity index (χ4n) is 1.70. The molecule has 6 heteroatoms. The lowest BCUT2D eigenvalue weighted by Gasteiger charge is -2.00. The molecule has 0 heterocycles. The van der Waals surface area contributed by atoms with E-state index in [-0.39, 0.29) is 11.2 Å². The average molecular weight is 288 g/mol. The Morgan fingerprint density at radius 2 is 1.67 bits per heavy atom. The van der Waals surface area contributed by atoms with Crippen molar-refractivity contribution in [1.82, 2.24) is 0 Å². The van der Waals surface area contributed by atoms with Gasteiger partial charge in [0.2, 0.25) is 0 Å². The van der Waals surface area contributed by atoms with Crippen LogP contribution in [-0.2, 0) is 0 Å². The van der Waals surface area contributed by atoms with Gasteiger partial charge in [0.1, 0.15) is 0 Å². The number of benzene rings is 2. The van der Waals surface area contributed by atoms with Gasteiger partial charge in [0, 0.05) is 5.56 Å². The molecule has 0 unspecified atom stereocenters. The lowest BCUT2D eigenvalue weighted by Crippen LogP contribution is -2.29. The number of carbonyl (C=O) groups excluding carboxylic acids is 1. The van der Waals surface area contributed by atoms with Crippen LogP contribution in [0.3, 0.4) is 0 Å². The minimum Gasteiger partial charge on any atom is -0.423 e. The Labute approximate surface area is 120 Å². The van der Waals surface area contributed by atoms with E-state index in [9.17, 15) is 13.6 Å². The summed E-state index contributed by atoms with van der Waals surface area (Å²) in [7, 11) is -1.59. The zero-order valence-electron chi connectivity index (χ0n) is 10.8. The Bertz CT molecular complexity index is 682. The SMILES string of the molecule is O=C(/C=C/c1ccc(F)c(F)c1)c1ccc(B(O)O)cc1. The molecular formula is C15H11BF2O3. The molecule has 3 nitrogen and oxygen atoms in total. The van der Waals surface area contributed by atoms with E-state index in [2.05, 4.69) is 0 Å². The number of hydrogen-bond donors (Lipinski definition) is 2. The number of halogens is 2. The molecule has 0 bridgehead atoms. The van der Waals surface area contributed by atoms with Crippen LogP contribution in [-0.4, -0.2) is 22.9 Å². The predicted octanol–water partition coefficient (Wildman–Crippen LogP) is 1.54. The molecule has 0 aliphatic rings. The number of rotatable bonds is 4. The van der Waals surface area contributed by atoms with E-state index in [1.54, 1.807) is 0 Å². The van der Waals surface area contributed by atoms with Crippen LogP contribution in [0.2, 0.25) is 0 Å². The van der Waals surface area contributed by atoms with E-state index in [0.717, 1.165) is 12.1 Å². The molecule has 0 radical (unpaired) electrons. The first-order chi connectivity index (χ1) is 9.97. The minimum absolute atomic E-state index is 0.274. The molecule has 21 heavy (non-hydrogen) atoms. The largest absolute Gasteiger partial charge is 0.488 e. The topological polar surface area (TPSA) is 57.5 Å². The van der Waals surface area contributed by atoms with Crippen molar-refractivity contribution < 1.29 is 23.6 Å². The number of allylic oxidation sites excluding steroid dienone is 1. The van der Waals surface area contributed by atoms with Crippen molar-refractivity contribution in [2.45, 2.75) is 0 Å². The quantitative estimate of drug-likeness (QED) is 0.510. The molecule has 2 aromatic rings. The van der Waals surface area contributed by atoms with E-state index >= 15 is 0 Å². The normalized spacial score (nSPS) is 10.9. The lowest BCUT2D eigenvalue weighted by atomic mass is 9.80. The second-order valence-corrected chi connectivity index (χ2v) is 4.37. The molecule has 0 saturated heterocycles.